The largest absolute Gasteiger partial charge is 1.00 e. The monoisotopic (exact) mass is 463 g/mol. The Morgan fingerprint density at radius 1 is 0.636 bits per heavy atom. The van der Waals surface area contributed by atoms with Crippen LogP contribution in [0.2, 0.25) is 5.71 Å². The number of rotatable bonds is 1. The van der Waals surface area contributed by atoms with E-state index in [1.54, 1.807) is 0 Å². The van der Waals surface area contributed by atoms with Crippen LogP contribution in [0.1, 0.15) is 0 Å². The molecule has 0 atom stereocenters. The third-order valence-electron chi connectivity index (χ3n) is 4.24. The Balaban J connectivity index is 0.00000144. The Morgan fingerprint density at radius 3 is 1.64 bits per heavy atom. The maximum Gasteiger partial charge on any atom is -1.00 e. The fourth-order valence-electron chi connectivity index (χ4n) is 3.14. The molecule has 1 radical (unpaired) electrons. The summed E-state index contributed by atoms with van der Waals surface area (Å²) in [7, 11) is 0. The predicted molar refractivity (Wildman–Crippen MR) is 91.0 cm³/mol. The topological polar surface area (TPSA) is 12.8 Å². The molecule has 1 N–H and O–H groups in total. The molecule has 0 saturated carbocycles. The minimum Gasteiger partial charge on any atom is -1.00 e. The van der Waals surface area contributed by atoms with Crippen LogP contribution in [0.5, 0.6) is 11.5 Å². The molecule has 3 aromatic rings. The first-order chi connectivity index (χ1) is 10.3. The van der Waals surface area contributed by atoms with E-state index in [0.717, 1.165) is 11.5 Å². The van der Waals surface area contributed by atoms with Gasteiger partial charge < -0.3 is 24.0 Å². The van der Waals surface area contributed by atoms with Crippen LogP contribution in [0.25, 0.3) is 0 Å². The first-order valence-corrected chi connectivity index (χ1v) is 11.8. The number of fused-ring (bicyclic) bond motifs is 2. The Bertz CT molecular complexity index is 756. The average Bonchev–Trinajstić information content (AvgIpc) is 2.56. The van der Waals surface area contributed by atoms with Crippen molar-refractivity contribution in [3.05, 3.63) is 78.9 Å². The summed E-state index contributed by atoms with van der Waals surface area (Å²) in [5.41, 5.74) is 2.47. The van der Waals surface area contributed by atoms with Crippen molar-refractivity contribution in [1.82, 2.24) is 0 Å². The van der Waals surface area contributed by atoms with Gasteiger partial charge in [-0.05, 0) is 0 Å². The molecule has 1 heterocycles. The van der Waals surface area contributed by atoms with E-state index in [2.05, 4.69) is 84.6 Å². The zero-order chi connectivity index (χ0) is 14.3. The third kappa shape index (κ3) is 2.29. The van der Waals surface area contributed by atoms with Gasteiger partial charge in [0, 0.05) is 0 Å². The van der Waals surface area contributed by atoms with Gasteiger partial charge >= 0.3 is 127 Å². The standard InChI is InChI=1S/C19H16AsO.HI/c1-20(15-9-3-2-4-10-15)16-11-5-7-13-18(16)21-19-14-8-6-12-17(19)20;/h2-14H,1H3;1H. The van der Waals surface area contributed by atoms with E-state index < -0.39 is 13.6 Å². The minimum absolute atomic E-state index is 0. The number of aromatic hydroxyl groups is 2. The maximum atomic E-state index is 4.87. The molecule has 0 aliphatic carbocycles. The number of hydrogen-bond acceptors (Lipinski definition) is 0. The van der Waals surface area contributed by atoms with Gasteiger partial charge in [0.25, 0.3) is 0 Å². The van der Waals surface area contributed by atoms with Crippen molar-refractivity contribution >= 4 is 26.6 Å². The third-order valence-corrected chi connectivity index (χ3v) is 12.7. The summed E-state index contributed by atoms with van der Waals surface area (Å²) in [5.74, 6) is 2.30. The van der Waals surface area contributed by atoms with Gasteiger partial charge in [-0.3, -0.25) is 0 Å². The van der Waals surface area contributed by atoms with Crippen LogP contribution in [0.3, 0.4) is 0 Å². The van der Waals surface area contributed by atoms with E-state index in [4.69, 9.17) is 4.74 Å². The molecule has 1 aliphatic heterocycles. The number of benzene rings is 3. The molecule has 0 bridgehead atoms. The van der Waals surface area contributed by atoms with Crippen molar-refractivity contribution in [2.45, 2.75) is 5.71 Å². The second-order valence-corrected chi connectivity index (χ2v) is 12.8. The molecule has 4 rings (SSSR count). The second kappa shape index (κ2) is 6.09. The summed E-state index contributed by atoms with van der Waals surface area (Å²) in [5, 5.41) is 0. The summed E-state index contributed by atoms with van der Waals surface area (Å²) in [6.07, 6.45) is 0. The quantitative estimate of drug-likeness (QED) is 0.269. The van der Waals surface area contributed by atoms with Crippen molar-refractivity contribution in [3.63, 3.8) is 0 Å². The number of hydrogen-bond donors (Lipinski definition) is 0. The molecule has 0 fully saturated rings. The first kappa shape index (κ1) is 15.6. The predicted octanol–water partition coefficient (Wildman–Crippen LogP) is -0.241. The van der Waals surface area contributed by atoms with E-state index in [0.29, 0.717) is 0 Å². The maximum absolute atomic E-state index is 4.87. The van der Waals surface area contributed by atoms with E-state index in [-0.39, 0.29) is 24.0 Å². The van der Waals surface area contributed by atoms with Crippen LogP contribution < -0.4 is 37.0 Å². The molecule has 0 saturated heterocycles. The van der Waals surface area contributed by atoms with E-state index in [9.17, 15) is 0 Å². The van der Waals surface area contributed by atoms with Gasteiger partial charge in [0.15, 0.2) is 0 Å². The van der Waals surface area contributed by atoms with E-state index in [1.807, 2.05) is 0 Å². The molecule has 0 aromatic heterocycles. The summed E-state index contributed by atoms with van der Waals surface area (Å²) < 4.78 is 9.24. The molecule has 3 heteroatoms. The van der Waals surface area contributed by atoms with E-state index >= 15 is 0 Å². The Morgan fingerprint density at radius 2 is 1.09 bits per heavy atom. The van der Waals surface area contributed by atoms with Gasteiger partial charge in [0.05, 0.1) is 0 Å². The summed E-state index contributed by atoms with van der Waals surface area (Å²) >= 11 is -2.37. The van der Waals surface area contributed by atoms with Crippen molar-refractivity contribution in [2.24, 2.45) is 0 Å². The van der Waals surface area contributed by atoms with Crippen LogP contribution >= 0.6 is 0 Å². The van der Waals surface area contributed by atoms with E-state index in [1.165, 1.54) is 13.1 Å². The molecule has 3 aromatic carbocycles. The van der Waals surface area contributed by atoms with Crippen LogP contribution in [0.15, 0.2) is 78.9 Å². The molecule has 0 unspecified atom stereocenters. The fraction of sp³-hybridized carbons (Fsp3) is 0.0526. The summed E-state index contributed by atoms with van der Waals surface area (Å²) in [6.45, 7) is 0. The van der Waals surface area contributed by atoms with Gasteiger partial charge in [0.1, 0.15) is 0 Å². The Kier molecular flexibility index (Phi) is 4.33. The van der Waals surface area contributed by atoms with Gasteiger partial charge in [-0.25, -0.2) is 0 Å². The zero-order valence-corrected chi connectivity index (χ0v) is 16.3. The van der Waals surface area contributed by atoms with Crippen LogP contribution in [0, 0.1) is 0 Å². The molecule has 1 nitrogen and oxygen atoms in total. The second-order valence-electron chi connectivity index (χ2n) is 5.43. The normalized spacial score (nSPS) is 14.0. The van der Waals surface area contributed by atoms with Crippen molar-refractivity contribution in [1.29, 1.82) is 0 Å². The summed E-state index contributed by atoms with van der Waals surface area (Å²) in [6, 6.07) is 28.3. The van der Waals surface area contributed by atoms with Gasteiger partial charge in [0.2, 0.25) is 0 Å². The van der Waals surface area contributed by atoms with Gasteiger partial charge in [-0.1, -0.05) is 0 Å². The minimum atomic E-state index is -2.37. The van der Waals surface area contributed by atoms with Gasteiger partial charge in [-0.2, -0.15) is 0 Å². The number of halogens is 1. The Labute approximate surface area is 150 Å². The zero-order valence-electron chi connectivity index (χ0n) is 12.3. The molecular weight excluding hydrogens is 446 g/mol. The Hall–Kier alpha value is -1.25. The summed E-state index contributed by atoms with van der Waals surface area (Å²) in [4.78, 5) is 0. The smallest absolute Gasteiger partial charge is 1.00 e. The molecule has 1 aliphatic rings. The fourth-order valence-corrected chi connectivity index (χ4v) is 10.5. The first-order valence-electron chi connectivity index (χ1n) is 7.13. The molecule has 0 amide bonds. The number of ether oxygens (including phenoxy) is 1. The van der Waals surface area contributed by atoms with Crippen LogP contribution in [-0.2, 0) is 0 Å². The van der Waals surface area contributed by atoms with Crippen molar-refractivity contribution in [3.8, 4) is 11.5 Å². The van der Waals surface area contributed by atoms with Crippen molar-refractivity contribution in [2.75, 3.05) is 0 Å². The van der Waals surface area contributed by atoms with Gasteiger partial charge in [-0.15, -0.1) is 0 Å². The molecular formula is C19H17AsIO. The average molecular weight is 463 g/mol. The molecule has 0 spiro atoms. The molecule has 22 heavy (non-hydrogen) atoms. The van der Waals surface area contributed by atoms with Crippen LogP contribution in [-0.4, -0.2) is 18.3 Å². The molecule has 111 valence electrons. The SMILES string of the molecule is C[As]1(c2ccccc2)c2ccccc2[OH+]c2ccccc21.[I-]. The number of para-hydroxylation sites is 2. The van der Waals surface area contributed by atoms with Crippen LogP contribution in [0.4, 0.5) is 0 Å². The van der Waals surface area contributed by atoms with Crippen molar-refractivity contribution < 1.29 is 28.7 Å².